The van der Waals surface area contributed by atoms with Crippen LogP contribution in [0.3, 0.4) is 0 Å². The standard InChI is InChI=1S/C24H24N6O5/c1-14(31)25-19-20(22-26-23(35-28-22)15-9-11-16(12-10-15)29(2)3)27-30(21(19)24(32)34-5)17-7-6-8-18(13-17)33-4/h6-13H,1-5H3,(H,25,31). The fourth-order valence-electron chi connectivity index (χ4n) is 3.42. The molecule has 4 rings (SSSR count). The number of nitrogens with zero attached hydrogens (tertiary/aromatic N) is 5. The summed E-state index contributed by atoms with van der Waals surface area (Å²) in [6.45, 7) is 1.32. The molecule has 2 heterocycles. The van der Waals surface area contributed by atoms with Crippen LogP contribution >= 0.6 is 0 Å². The van der Waals surface area contributed by atoms with Crippen LogP contribution in [0, 0.1) is 0 Å². The van der Waals surface area contributed by atoms with Gasteiger partial charge < -0.3 is 24.2 Å². The molecule has 4 aromatic rings. The van der Waals surface area contributed by atoms with E-state index >= 15 is 0 Å². The topological polar surface area (TPSA) is 125 Å². The zero-order valence-electron chi connectivity index (χ0n) is 19.9. The summed E-state index contributed by atoms with van der Waals surface area (Å²) in [5, 5.41) is 11.3. The average Bonchev–Trinajstić information content (AvgIpc) is 3.48. The van der Waals surface area contributed by atoms with E-state index in [4.69, 9.17) is 14.0 Å². The third-order valence-corrected chi connectivity index (χ3v) is 5.13. The number of hydrogen-bond donors (Lipinski definition) is 1. The van der Waals surface area contributed by atoms with Crippen molar-refractivity contribution in [3.8, 4) is 34.4 Å². The van der Waals surface area contributed by atoms with E-state index in [0.717, 1.165) is 5.69 Å². The Kier molecular flexibility index (Phi) is 6.49. The third kappa shape index (κ3) is 4.69. The Morgan fingerprint density at radius 2 is 1.83 bits per heavy atom. The van der Waals surface area contributed by atoms with Crippen molar-refractivity contribution in [2.45, 2.75) is 6.92 Å². The molecule has 2 aromatic heterocycles. The number of esters is 1. The Balaban J connectivity index is 1.86. The summed E-state index contributed by atoms with van der Waals surface area (Å²) in [6.07, 6.45) is 0. The lowest BCUT2D eigenvalue weighted by Crippen LogP contribution is -2.15. The van der Waals surface area contributed by atoms with Gasteiger partial charge in [0.1, 0.15) is 11.4 Å². The first-order valence-corrected chi connectivity index (χ1v) is 10.6. The molecule has 0 spiro atoms. The first-order valence-electron chi connectivity index (χ1n) is 10.6. The molecule has 11 nitrogen and oxygen atoms in total. The number of rotatable bonds is 7. The number of nitrogens with one attached hydrogen (secondary N) is 1. The minimum atomic E-state index is -0.710. The van der Waals surface area contributed by atoms with Crippen molar-refractivity contribution in [2.75, 3.05) is 38.5 Å². The number of methoxy groups -OCH3 is 2. The van der Waals surface area contributed by atoms with Gasteiger partial charge in [-0.15, -0.1) is 0 Å². The van der Waals surface area contributed by atoms with Gasteiger partial charge in [0.25, 0.3) is 5.89 Å². The molecular formula is C24H24N6O5. The third-order valence-electron chi connectivity index (χ3n) is 5.13. The number of carbonyl (C=O) groups is 2. The molecule has 0 saturated carbocycles. The summed E-state index contributed by atoms with van der Waals surface area (Å²) in [6, 6.07) is 14.5. The number of amides is 1. The Morgan fingerprint density at radius 1 is 1.09 bits per heavy atom. The number of ether oxygens (including phenoxy) is 2. The average molecular weight is 476 g/mol. The van der Waals surface area contributed by atoms with E-state index in [1.165, 1.54) is 25.8 Å². The fourth-order valence-corrected chi connectivity index (χ4v) is 3.42. The number of carbonyl (C=O) groups excluding carboxylic acids is 2. The van der Waals surface area contributed by atoms with Crippen molar-refractivity contribution in [3.63, 3.8) is 0 Å². The Morgan fingerprint density at radius 3 is 2.46 bits per heavy atom. The minimum absolute atomic E-state index is 0.00682. The number of anilines is 2. The SMILES string of the molecule is COC(=O)c1c(NC(C)=O)c(-c2noc(-c3ccc(N(C)C)cc3)n2)nn1-c1cccc(OC)c1. The van der Waals surface area contributed by atoms with E-state index in [9.17, 15) is 9.59 Å². The van der Waals surface area contributed by atoms with Gasteiger partial charge in [0.2, 0.25) is 11.7 Å². The molecule has 0 atom stereocenters. The normalized spacial score (nSPS) is 10.7. The number of benzene rings is 2. The van der Waals surface area contributed by atoms with Crippen molar-refractivity contribution < 1.29 is 23.6 Å². The van der Waals surface area contributed by atoms with Gasteiger partial charge in [0, 0.05) is 38.3 Å². The molecule has 11 heteroatoms. The summed E-state index contributed by atoms with van der Waals surface area (Å²) in [5.74, 6) is -0.218. The van der Waals surface area contributed by atoms with Crippen molar-refractivity contribution in [1.29, 1.82) is 0 Å². The van der Waals surface area contributed by atoms with Gasteiger partial charge in [-0.2, -0.15) is 10.1 Å². The molecule has 0 fully saturated rings. The molecule has 0 aliphatic rings. The molecular weight excluding hydrogens is 452 g/mol. The summed E-state index contributed by atoms with van der Waals surface area (Å²) in [5.41, 5.74) is 2.46. The van der Waals surface area contributed by atoms with E-state index < -0.39 is 11.9 Å². The zero-order valence-corrected chi connectivity index (χ0v) is 19.9. The second-order valence-electron chi connectivity index (χ2n) is 7.72. The highest BCUT2D eigenvalue weighted by molar-refractivity contribution is 6.03. The Hall–Kier alpha value is -4.67. The van der Waals surface area contributed by atoms with Crippen LogP contribution in [0.1, 0.15) is 17.4 Å². The molecule has 0 bridgehead atoms. The molecule has 2 aromatic carbocycles. The lowest BCUT2D eigenvalue weighted by Gasteiger charge is -2.11. The van der Waals surface area contributed by atoms with Crippen molar-refractivity contribution >= 4 is 23.3 Å². The summed E-state index contributed by atoms with van der Waals surface area (Å²) in [7, 11) is 6.66. The quantitative estimate of drug-likeness (QED) is 0.400. The van der Waals surface area contributed by atoms with Crippen LogP contribution in [0.5, 0.6) is 5.75 Å². The maximum atomic E-state index is 12.8. The maximum Gasteiger partial charge on any atom is 0.359 e. The van der Waals surface area contributed by atoms with Crippen molar-refractivity contribution in [1.82, 2.24) is 19.9 Å². The van der Waals surface area contributed by atoms with Gasteiger partial charge in [-0.25, -0.2) is 9.48 Å². The highest BCUT2D eigenvalue weighted by Gasteiger charge is 2.29. The molecule has 1 N–H and O–H groups in total. The Bertz CT molecular complexity index is 1370. The monoisotopic (exact) mass is 476 g/mol. The molecule has 0 saturated heterocycles. The first-order chi connectivity index (χ1) is 16.8. The lowest BCUT2D eigenvalue weighted by atomic mass is 10.2. The van der Waals surface area contributed by atoms with Crippen LogP contribution in [0.25, 0.3) is 28.7 Å². The maximum absolute atomic E-state index is 12.8. The molecule has 1 amide bonds. The zero-order chi connectivity index (χ0) is 25.1. The van der Waals surface area contributed by atoms with Gasteiger partial charge in [0.05, 0.1) is 19.9 Å². The molecule has 0 radical (unpaired) electrons. The molecule has 0 aliphatic carbocycles. The van der Waals surface area contributed by atoms with Crippen LogP contribution in [-0.4, -0.2) is 60.1 Å². The van der Waals surface area contributed by atoms with Gasteiger partial charge in [-0.05, 0) is 36.4 Å². The van der Waals surface area contributed by atoms with E-state index in [2.05, 4.69) is 20.6 Å². The van der Waals surface area contributed by atoms with E-state index in [1.54, 1.807) is 24.3 Å². The largest absolute Gasteiger partial charge is 0.497 e. The van der Waals surface area contributed by atoms with Crippen molar-refractivity contribution in [3.05, 3.63) is 54.2 Å². The van der Waals surface area contributed by atoms with Crippen LogP contribution in [0.2, 0.25) is 0 Å². The van der Waals surface area contributed by atoms with Crippen LogP contribution in [-0.2, 0) is 9.53 Å². The van der Waals surface area contributed by atoms with Crippen molar-refractivity contribution in [2.24, 2.45) is 0 Å². The highest BCUT2D eigenvalue weighted by atomic mass is 16.5. The van der Waals surface area contributed by atoms with Crippen LogP contribution in [0.4, 0.5) is 11.4 Å². The molecule has 180 valence electrons. The van der Waals surface area contributed by atoms with E-state index in [-0.39, 0.29) is 28.8 Å². The fraction of sp³-hybridized carbons (Fsp3) is 0.208. The minimum Gasteiger partial charge on any atom is -0.497 e. The summed E-state index contributed by atoms with van der Waals surface area (Å²) < 4.78 is 17.1. The van der Waals surface area contributed by atoms with Gasteiger partial charge in [-0.3, -0.25) is 4.79 Å². The number of hydrogen-bond acceptors (Lipinski definition) is 9. The predicted molar refractivity (Wildman–Crippen MR) is 129 cm³/mol. The summed E-state index contributed by atoms with van der Waals surface area (Å²) >= 11 is 0. The number of aromatic nitrogens is 4. The predicted octanol–water partition coefficient (Wildman–Crippen LogP) is 3.41. The van der Waals surface area contributed by atoms with E-state index in [1.807, 2.05) is 43.3 Å². The second-order valence-corrected chi connectivity index (χ2v) is 7.72. The van der Waals surface area contributed by atoms with Crippen LogP contribution in [0.15, 0.2) is 53.1 Å². The van der Waals surface area contributed by atoms with Gasteiger partial charge in [0.15, 0.2) is 11.4 Å². The van der Waals surface area contributed by atoms with Gasteiger partial charge >= 0.3 is 5.97 Å². The molecule has 0 unspecified atom stereocenters. The van der Waals surface area contributed by atoms with Gasteiger partial charge in [-0.1, -0.05) is 11.2 Å². The smallest absolute Gasteiger partial charge is 0.359 e. The Labute approximate surface area is 201 Å². The van der Waals surface area contributed by atoms with Crippen LogP contribution < -0.4 is 15.0 Å². The lowest BCUT2D eigenvalue weighted by molar-refractivity contribution is -0.114. The first kappa shape index (κ1) is 23.5. The second kappa shape index (κ2) is 9.67. The van der Waals surface area contributed by atoms with E-state index in [0.29, 0.717) is 17.0 Å². The highest BCUT2D eigenvalue weighted by Crippen LogP contribution is 2.33. The molecule has 0 aliphatic heterocycles. The molecule has 35 heavy (non-hydrogen) atoms. The summed E-state index contributed by atoms with van der Waals surface area (Å²) in [4.78, 5) is 31.3.